The Balaban J connectivity index is 0.00000306. The fraction of sp³-hybridized carbons (Fsp3) is 0.185. The Morgan fingerprint density at radius 3 is 2.42 bits per heavy atom. The predicted octanol–water partition coefficient (Wildman–Crippen LogP) is 7.49. The first-order valence-electron chi connectivity index (χ1n) is 10.6. The Labute approximate surface area is 211 Å². The van der Waals surface area contributed by atoms with Crippen molar-refractivity contribution in [2.75, 3.05) is 13.7 Å². The number of fused-ring (bicyclic) bond motifs is 1. The lowest BCUT2D eigenvalue weighted by Gasteiger charge is -2.16. The van der Waals surface area contributed by atoms with Crippen molar-refractivity contribution in [3.63, 3.8) is 0 Å². The molecule has 4 rings (SSSR count). The SMILES string of the molecule is COc1ccccc1CCNCc1c(OCc2ccc(Cl)cc2Cl)ccc2ccccc12.Cl. The van der Waals surface area contributed by atoms with Gasteiger partial charge in [-0.3, -0.25) is 0 Å². The van der Waals surface area contributed by atoms with E-state index >= 15 is 0 Å². The number of methoxy groups -OCH3 is 1. The third-order valence-electron chi connectivity index (χ3n) is 5.46. The van der Waals surface area contributed by atoms with Crippen LogP contribution in [0, 0.1) is 0 Å². The smallest absolute Gasteiger partial charge is 0.124 e. The van der Waals surface area contributed by atoms with E-state index < -0.39 is 0 Å². The van der Waals surface area contributed by atoms with Gasteiger partial charge in [0.1, 0.15) is 18.1 Å². The molecule has 0 aliphatic rings. The topological polar surface area (TPSA) is 30.5 Å². The van der Waals surface area contributed by atoms with Gasteiger partial charge in [0.05, 0.1) is 7.11 Å². The Bertz CT molecular complexity index is 1210. The fourth-order valence-corrected chi connectivity index (χ4v) is 4.24. The average molecular weight is 503 g/mol. The second kappa shape index (κ2) is 12.2. The summed E-state index contributed by atoms with van der Waals surface area (Å²) in [5.74, 6) is 1.77. The van der Waals surface area contributed by atoms with Gasteiger partial charge in [-0.05, 0) is 53.6 Å². The Morgan fingerprint density at radius 2 is 1.61 bits per heavy atom. The molecule has 0 saturated heterocycles. The lowest BCUT2D eigenvalue weighted by atomic mass is 10.0. The fourth-order valence-electron chi connectivity index (χ4n) is 3.77. The number of ether oxygens (including phenoxy) is 2. The number of hydrogen-bond donors (Lipinski definition) is 1. The van der Waals surface area contributed by atoms with Gasteiger partial charge in [-0.15, -0.1) is 12.4 Å². The van der Waals surface area contributed by atoms with E-state index in [1.165, 1.54) is 16.3 Å². The van der Waals surface area contributed by atoms with Crippen LogP contribution in [0.2, 0.25) is 10.0 Å². The van der Waals surface area contributed by atoms with Crippen LogP contribution < -0.4 is 14.8 Å². The van der Waals surface area contributed by atoms with E-state index in [-0.39, 0.29) is 12.4 Å². The number of hydrogen-bond acceptors (Lipinski definition) is 3. The summed E-state index contributed by atoms with van der Waals surface area (Å²) in [5.41, 5.74) is 3.22. The van der Waals surface area contributed by atoms with Crippen LogP contribution in [-0.4, -0.2) is 13.7 Å². The van der Waals surface area contributed by atoms with Crippen LogP contribution in [-0.2, 0) is 19.6 Å². The predicted molar refractivity (Wildman–Crippen MR) is 140 cm³/mol. The molecule has 0 aliphatic heterocycles. The van der Waals surface area contributed by atoms with Crippen LogP contribution >= 0.6 is 35.6 Å². The summed E-state index contributed by atoms with van der Waals surface area (Å²) in [7, 11) is 1.71. The van der Waals surface area contributed by atoms with E-state index in [0.717, 1.165) is 35.6 Å². The summed E-state index contributed by atoms with van der Waals surface area (Å²) in [5, 5.41) is 7.16. The second-order valence-electron chi connectivity index (χ2n) is 7.53. The molecule has 33 heavy (non-hydrogen) atoms. The number of nitrogens with one attached hydrogen (secondary N) is 1. The second-order valence-corrected chi connectivity index (χ2v) is 8.37. The highest BCUT2D eigenvalue weighted by atomic mass is 35.5. The molecule has 3 nitrogen and oxygen atoms in total. The summed E-state index contributed by atoms with van der Waals surface area (Å²) in [6, 6.07) is 26.1. The van der Waals surface area contributed by atoms with E-state index in [1.54, 1.807) is 13.2 Å². The lowest BCUT2D eigenvalue weighted by Crippen LogP contribution is -2.18. The van der Waals surface area contributed by atoms with E-state index in [0.29, 0.717) is 23.2 Å². The molecule has 0 saturated carbocycles. The number of benzene rings is 4. The molecule has 6 heteroatoms. The van der Waals surface area contributed by atoms with Gasteiger partial charge in [-0.1, -0.05) is 77.8 Å². The molecule has 0 atom stereocenters. The molecule has 0 aromatic heterocycles. The molecule has 0 aliphatic carbocycles. The molecule has 0 unspecified atom stereocenters. The van der Waals surface area contributed by atoms with E-state index in [2.05, 4.69) is 41.7 Å². The summed E-state index contributed by atoms with van der Waals surface area (Å²) < 4.78 is 11.7. The number of rotatable bonds is 9. The van der Waals surface area contributed by atoms with E-state index in [4.69, 9.17) is 32.7 Å². The van der Waals surface area contributed by atoms with Crippen LogP contribution in [0.5, 0.6) is 11.5 Å². The van der Waals surface area contributed by atoms with Crippen LogP contribution in [0.1, 0.15) is 16.7 Å². The Kier molecular flexibility index (Phi) is 9.28. The maximum atomic E-state index is 6.33. The number of para-hydroxylation sites is 1. The van der Waals surface area contributed by atoms with Crippen molar-refractivity contribution in [3.05, 3.63) is 106 Å². The van der Waals surface area contributed by atoms with Gasteiger partial charge in [-0.2, -0.15) is 0 Å². The highest BCUT2D eigenvalue weighted by Crippen LogP contribution is 2.30. The molecule has 0 heterocycles. The molecule has 0 radical (unpaired) electrons. The molecule has 1 N–H and O–H groups in total. The minimum absolute atomic E-state index is 0. The molecule has 0 bridgehead atoms. The third kappa shape index (κ3) is 6.33. The Hall–Kier alpha value is -2.43. The van der Waals surface area contributed by atoms with Gasteiger partial charge in [0, 0.05) is 27.7 Å². The van der Waals surface area contributed by atoms with Crippen LogP contribution in [0.4, 0.5) is 0 Å². The largest absolute Gasteiger partial charge is 0.496 e. The van der Waals surface area contributed by atoms with Crippen molar-refractivity contribution in [1.82, 2.24) is 5.32 Å². The zero-order chi connectivity index (χ0) is 22.3. The van der Waals surface area contributed by atoms with Crippen molar-refractivity contribution < 1.29 is 9.47 Å². The normalized spacial score (nSPS) is 10.6. The molecule has 0 amide bonds. The van der Waals surface area contributed by atoms with Gasteiger partial charge >= 0.3 is 0 Å². The van der Waals surface area contributed by atoms with Crippen LogP contribution in [0.15, 0.2) is 78.9 Å². The molecular weight excluding hydrogens is 477 g/mol. The lowest BCUT2D eigenvalue weighted by molar-refractivity contribution is 0.303. The zero-order valence-corrected chi connectivity index (χ0v) is 20.6. The van der Waals surface area contributed by atoms with Crippen LogP contribution in [0.25, 0.3) is 10.8 Å². The summed E-state index contributed by atoms with van der Waals surface area (Å²) >= 11 is 12.3. The summed E-state index contributed by atoms with van der Waals surface area (Å²) in [4.78, 5) is 0. The molecular formula is C27H26Cl3NO2. The highest BCUT2D eigenvalue weighted by molar-refractivity contribution is 6.35. The van der Waals surface area contributed by atoms with E-state index in [1.807, 2.05) is 36.4 Å². The first-order chi connectivity index (χ1) is 15.7. The minimum Gasteiger partial charge on any atom is -0.496 e. The van der Waals surface area contributed by atoms with Crippen molar-refractivity contribution in [1.29, 1.82) is 0 Å². The van der Waals surface area contributed by atoms with Gasteiger partial charge in [0.15, 0.2) is 0 Å². The maximum Gasteiger partial charge on any atom is 0.124 e. The van der Waals surface area contributed by atoms with Crippen molar-refractivity contribution in [2.45, 2.75) is 19.6 Å². The van der Waals surface area contributed by atoms with Gasteiger partial charge in [0.25, 0.3) is 0 Å². The standard InChI is InChI=1S/C27H25Cl2NO2.ClH/c1-31-26-9-5-3-7-20(26)14-15-30-17-24-23-8-4-2-6-19(23)11-13-27(24)32-18-21-10-12-22(28)16-25(21)29;/h2-13,16,30H,14-15,17-18H2,1H3;1H. The molecule has 172 valence electrons. The zero-order valence-electron chi connectivity index (χ0n) is 18.3. The maximum absolute atomic E-state index is 6.33. The molecule has 0 fully saturated rings. The van der Waals surface area contributed by atoms with Gasteiger partial charge < -0.3 is 14.8 Å². The number of halogens is 3. The molecule has 0 spiro atoms. The van der Waals surface area contributed by atoms with Gasteiger partial charge in [0.2, 0.25) is 0 Å². The Morgan fingerprint density at radius 1 is 0.818 bits per heavy atom. The average Bonchev–Trinajstić information content (AvgIpc) is 2.82. The molecule has 4 aromatic carbocycles. The van der Waals surface area contributed by atoms with Gasteiger partial charge in [-0.25, -0.2) is 0 Å². The summed E-state index contributed by atoms with van der Waals surface area (Å²) in [6.45, 7) is 1.90. The molecule has 4 aromatic rings. The quantitative estimate of drug-likeness (QED) is 0.241. The first kappa shape index (κ1) is 25.2. The van der Waals surface area contributed by atoms with Crippen molar-refractivity contribution in [2.24, 2.45) is 0 Å². The monoisotopic (exact) mass is 501 g/mol. The minimum atomic E-state index is 0. The first-order valence-corrected chi connectivity index (χ1v) is 11.3. The van der Waals surface area contributed by atoms with Crippen molar-refractivity contribution >= 4 is 46.4 Å². The van der Waals surface area contributed by atoms with Crippen molar-refractivity contribution in [3.8, 4) is 11.5 Å². The van der Waals surface area contributed by atoms with E-state index in [9.17, 15) is 0 Å². The highest BCUT2D eigenvalue weighted by Gasteiger charge is 2.11. The summed E-state index contributed by atoms with van der Waals surface area (Å²) in [6.07, 6.45) is 0.880. The third-order valence-corrected chi connectivity index (χ3v) is 6.05. The van der Waals surface area contributed by atoms with Crippen LogP contribution in [0.3, 0.4) is 0 Å².